The van der Waals surface area contributed by atoms with Crippen LogP contribution in [0.3, 0.4) is 0 Å². The molecule has 1 aliphatic rings. The monoisotopic (exact) mass is 405 g/mol. The van der Waals surface area contributed by atoms with E-state index in [0.717, 1.165) is 44.4 Å². The molecule has 0 atom stereocenters. The molecule has 2 aromatic rings. The summed E-state index contributed by atoms with van der Waals surface area (Å²) >= 11 is 0. The summed E-state index contributed by atoms with van der Waals surface area (Å²) in [6.45, 7) is 8.86. The predicted molar refractivity (Wildman–Crippen MR) is 108 cm³/mol. The van der Waals surface area contributed by atoms with Crippen LogP contribution in [0.15, 0.2) is 42.5 Å². The van der Waals surface area contributed by atoms with Crippen molar-refractivity contribution in [2.45, 2.75) is 26.6 Å². The van der Waals surface area contributed by atoms with Crippen LogP contribution in [0.25, 0.3) is 0 Å². The second kappa shape index (κ2) is 8.97. The number of halogens is 3. The summed E-state index contributed by atoms with van der Waals surface area (Å²) in [4.78, 5) is 16.9. The molecule has 1 fully saturated rings. The van der Waals surface area contributed by atoms with Crippen LogP contribution < -0.4 is 5.32 Å². The Morgan fingerprint density at radius 2 is 1.62 bits per heavy atom. The first-order chi connectivity index (χ1) is 13.7. The molecule has 1 aliphatic heterocycles. The lowest BCUT2D eigenvalue weighted by atomic mass is 10.1. The number of rotatable bonds is 5. The van der Waals surface area contributed by atoms with Crippen molar-refractivity contribution in [1.82, 2.24) is 9.80 Å². The van der Waals surface area contributed by atoms with E-state index in [1.807, 2.05) is 6.92 Å². The summed E-state index contributed by atoms with van der Waals surface area (Å²) in [5, 5.41) is 2.62. The van der Waals surface area contributed by atoms with Crippen molar-refractivity contribution in [3.05, 3.63) is 64.7 Å². The van der Waals surface area contributed by atoms with Crippen LogP contribution >= 0.6 is 0 Å². The van der Waals surface area contributed by atoms with Crippen molar-refractivity contribution in [3.63, 3.8) is 0 Å². The van der Waals surface area contributed by atoms with Crippen molar-refractivity contribution in [3.8, 4) is 0 Å². The van der Waals surface area contributed by atoms with Crippen LogP contribution in [0.5, 0.6) is 0 Å². The first kappa shape index (κ1) is 21.3. The largest absolute Gasteiger partial charge is 0.416 e. The minimum absolute atomic E-state index is 0.160. The lowest BCUT2D eigenvalue weighted by Crippen LogP contribution is -2.45. The van der Waals surface area contributed by atoms with Gasteiger partial charge in [0.05, 0.1) is 5.56 Å². The molecular formula is C22H26F3N3O. The number of likely N-dealkylation sites (N-methyl/N-ethyl adjacent to an activating group) is 1. The molecule has 0 saturated carbocycles. The summed E-state index contributed by atoms with van der Waals surface area (Å²) in [7, 11) is 0. The minimum Gasteiger partial charge on any atom is -0.322 e. The number of hydrogen-bond donors (Lipinski definition) is 1. The molecule has 1 amide bonds. The zero-order valence-corrected chi connectivity index (χ0v) is 16.7. The Labute approximate surface area is 169 Å². The second-order valence-corrected chi connectivity index (χ2v) is 7.45. The summed E-state index contributed by atoms with van der Waals surface area (Å²) in [6.07, 6.45) is -4.47. The number of hydrogen-bond acceptors (Lipinski definition) is 3. The summed E-state index contributed by atoms with van der Waals surface area (Å²) in [5.41, 5.74) is 1.37. The van der Waals surface area contributed by atoms with E-state index in [-0.39, 0.29) is 5.69 Å². The van der Waals surface area contributed by atoms with Crippen LogP contribution in [0, 0.1) is 6.92 Å². The molecule has 156 valence electrons. The molecular weight excluding hydrogens is 379 g/mol. The van der Waals surface area contributed by atoms with Gasteiger partial charge in [-0.25, -0.2) is 0 Å². The van der Waals surface area contributed by atoms with Gasteiger partial charge in [-0.15, -0.1) is 0 Å². The van der Waals surface area contributed by atoms with Crippen LogP contribution in [-0.4, -0.2) is 48.4 Å². The standard InChI is InChI=1S/C22H26F3N3O/c1-3-27-8-10-28(11-9-27)15-17-12-19(22(23,24)25)14-20(13-17)26-21(29)18-6-4-16(2)5-7-18/h4-7,12-14H,3,8-11,15H2,1-2H3,(H,26,29). The van der Waals surface area contributed by atoms with E-state index in [9.17, 15) is 18.0 Å². The van der Waals surface area contributed by atoms with Gasteiger partial charge in [0.15, 0.2) is 0 Å². The molecule has 3 rings (SSSR count). The molecule has 1 saturated heterocycles. The maximum absolute atomic E-state index is 13.4. The smallest absolute Gasteiger partial charge is 0.322 e. The Morgan fingerprint density at radius 1 is 1.00 bits per heavy atom. The lowest BCUT2D eigenvalue weighted by molar-refractivity contribution is -0.137. The quantitative estimate of drug-likeness (QED) is 0.801. The normalized spacial score (nSPS) is 16.0. The van der Waals surface area contributed by atoms with E-state index in [0.29, 0.717) is 17.7 Å². The molecule has 1 N–H and O–H groups in total. The summed E-state index contributed by atoms with van der Waals surface area (Å²) in [5.74, 6) is -0.424. The number of anilines is 1. The van der Waals surface area contributed by atoms with Gasteiger partial charge in [0, 0.05) is 44.0 Å². The first-order valence-corrected chi connectivity index (χ1v) is 9.78. The lowest BCUT2D eigenvalue weighted by Gasteiger charge is -2.34. The number of piperazine rings is 1. The van der Waals surface area contributed by atoms with E-state index in [1.54, 1.807) is 30.3 Å². The van der Waals surface area contributed by atoms with Gasteiger partial charge in [-0.05, 0) is 49.4 Å². The Kier molecular flexibility index (Phi) is 6.59. The average molecular weight is 405 g/mol. The number of amides is 1. The van der Waals surface area contributed by atoms with Gasteiger partial charge in [0.25, 0.3) is 5.91 Å². The molecule has 0 aromatic heterocycles. The SMILES string of the molecule is CCN1CCN(Cc2cc(NC(=O)c3ccc(C)cc3)cc(C(F)(F)F)c2)CC1. The topological polar surface area (TPSA) is 35.6 Å². The Bertz CT molecular complexity index is 841. The molecule has 0 unspecified atom stereocenters. The Hall–Kier alpha value is -2.38. The highest BCUT2D eigenvalue weighted by molar-refractivity contribution is 6.04. The fourth-order valence-corrected chi connectivity index (χ4v) is 3.45. The van der Waals surface area contributed by atoms with Crippen LogP contribution in [-0.2, 0) is 12.7 Å². The first-order valence-electron chi connectivity index (χ1n) is 9.78. The Balaban J connectivity index is 1.78. The van der Waals surface area contributed by atoms with Gasteiger partial charge in [0.1, 0.15) is 0 Å². The predicted octanol–water partition coefficient (Wildman–Crippen LogP) is 4.40. The molecule has 1 heterocycles. The average Bonchev–Trinajstić information content (AvgIpc) is 2.68. The molecule has 0 bridgehead atoms. The number of carbonyl (C=O) groups excluding carboxylic acids is 1. The number of alkyl halides is 3. The van der Waals surface area contributed by atoms with Gasteiger partial charge in [-0.3, -0.25) is 9.69 Å². The molecule has 2 aromatic carbocycles. The van der Waals surface area contributed by atoms with Crippen molar-refractivity contribution < 1.29 is 18.0 Å². The van der Waals surface area contributed by atoms with E-state index in [4.69, 9.17) is 0 Å². The highest BCUT2D eigenvalue weighted by Gasteiger charge is 2.31. The fraction of sp³-hybridized carbons (Fsp3) is 0.409. The van der Waals surface area contributed by atoms with E-state index in [1.165, 1.54) is 6.07 Å². The fourth-order valence-electron chi connectivity index (χ4n) is 3.45. The molecule has 4 nitrogen and oxygen atoms in total. The van der Waals surface area contributed by atoms with Gasteiger partial charge >= 0.3 is 6.18 Å². The maximum Gasteiger partial charge on any atom is 0.416 e. The summed E-state index contributed by atoms with van der Waals surface area (Å²) < 4.78 is 40.2. The number of benzene rings is 2. The Morgan fingerprint density at radius 3 is 2.21 bits per heavy atom. The third-order valence-electron chi connectivity index (χ3n) is 5.21. The zero-order chi connectivity index (χ0) is 21.0. The van der Waals surface area contributed by atoms with E-state index >= 15 is 0 Å². The minimum atomic E-state index is -4.47. The molecule has 7 heteroatoms. The van der Waals surface area contributed by atoms with Crippen molar-refractivity contribution >= 4 is 11.6 Å². The number of nitrogens with one attached hydrogen (secondary N) is 1. The molecule has 29 heavy (non-hydrogen) atoms. The highest BCUT2D eigenvalue weighted by Crippen LogP contribution is 2.32. The van der Waals surface area contributed by atoms with Crippen LogP contribution in [0.1, 0.15) is 34.0 Å². The third-order valence-corrected chi connectivity index (χ3v) is 5.21. The van der Waals surface area contributed by atoms with E-state index in [2.05, 4.69) is 22.0 Å². The molecule has 0 spiro atoms. The number of nitrogens with zero attached hydrogens (tertiary/aromatic N) is 2. The van der Waals surface area contributed by atoms with Gasteiger partial charge in [-0.1, -0.05) is 24.6 Å². The van der Waals surface area contributed by atoms with Crippen LogP contribution in [0.2, 0.25) is 0 Å². The van der Waals surface area contributed by atoms with Crippen molar-refractivity contribution in [2.24, 2.45) is 0 Å². The van der Waals surface area contributed by atoms with Gasteiger partial charge in [-0.2, -0.15) is 13.2 Å². The number of carbonyl (C=O) groups is 1. The van der Waals surface area contributed by atoms with Crippen molar-refractivity contribution in [1.29, 1.82) is 0 Å². The number of aryl methyl sites for hydroxylation is 1. The van der Waals surface area contributed by atoms with E-state index < -0.39 is 17.6 Å². The zero-order valence-electron chi connectivity index (χ0n) is 16.7. The molecule has 0 aliphatic carbocycles. The van der Waals surface area contributed by atoms with Gasteiger partial charge in [0.2, 0.25) is 0 Å². The van der Waals surface area contributed by atoms with Crippen LogP contribution in [0.4, 0.5) is 18.9 Å². The molecule has 0 radical (unpaired) electrons. The summed E-state index contributed by atoms with van der Waals surface area (Å²) in [6, 6.07) is 10.7. The second-order valence-electron chi connectivity index (χ2n) is 7.45. The maximum atomic E-state index is 13.4. The third kappa shape index (κ3) is 5.81. The van der Waals surface area contributed by atoms with Crippen molar-refractivity contribution in [2.75, 3.05) is 38.0 Å². The highest BCUT2D eigenvalue weighted by atomic mass is 19.4. The van der Waals surface area contributed by atoms with Gasteiger partial charge < -0.3 is 10.2 Å².